The monoisotopic (exact) mass is 637 g/mol. The van der Waals surface area contributed by atoms with Crippen LogP contribution in [-0.4, -0.2) is 77.6 Å². The minimum absolute atomic E-state index is 0.0547. The van der Waals surface area contributed by atoms with Gasteiger partial charge in [-0.3, -0.25) is 14.1 Å². The minimum Gasteiger partial charge on any atom is -0.456 e. The van der Waals surface area contributed by atoms with E-state index in [9.17, 15) is 49.1 Å². The summed E-state index contributed by atoms with van der Waals surface area (Å²) in [6, 6.07) is 10.2. The van der Waals surface area contributed by atoms with Gasteiger partial charge in [-0.15, -0.1) is 0 Å². The maximum absolute atomic E-state index is 13.9. The van der Waals surface area contributed by atoms with Gasteiger partial charge in [-0.1, -0.05) is 36.4 Å². The van der Waals surface area contributed by atoms with Crippen molar-refractivity contribution in [2.75, 3.05) is 5.75 Å². The van der Waals surface area contributed by atoms with Crippen molar-refractivity contribution in [2.24, 2.45) is 23.7 Å². The van der Waals surface area contributed by atoms with Gasteiger partial charge in [0.15, 0.2) is 0 Å². The van der Waals surface area contributed by atoms with Crippen LogP contribution in [0.3, 0.4) is 0 Å². The molecule has 1 heterocycles. The normalized spacial score (nSPS) is 27.3. The van der Waals surface area contributed by atoms with Crippen molar-refractivity contribution in [2.45, 2.75) is 56.4 Å². The molecule has 0 radical (unpaired) electrons. The van der Waals surface area contributed by atoms with E-state index >= 15 is 0 Å². The number of carbonyl (C=O) groups excluding carboxylic acids is 3. The number of hydrogen-bond donors (Lipinski definition) is 1. The molecule has 1 N–H and O–H groups in total. The highest BCUT2D eigenvalue weighted by Crippen LogP contribution is 2.61. The van der Waals surface area contributed by atoms with Crippen molar-refractivity contribution in [1.82, 2.24) is 4.90 Å². The van der Waals surface area contributed by atoms with Crippen molar-refractivity contribution in [3.8, 4) is 0 Å². The lowest BCUT2D eigenvalue weighted by molar-refractivity contribution is -0.362. The summed E-state index contributed by atoms with van der Waals surface area (Å²) < 4.78 is 125. The quantitative estimate of drug-likeness (QED) is 0.273. The average Bonchev–Trinajstić information content (AvgIpc) is 3.48. The van der Waals surface area contributed by atoms with Crippen LogP contribution in [0.1, 0.15) is 30.6 Å². The molecule has 43 heavy (non-hydrogen) atoms. The molecule has 234 valence electrons. The van der Waals surface area contributed by atoms with Crippen LogP contribution in [0.15, 0.2) is 42.5 Å². The number of alkyl halides is 6. The van der Waals surface area contributed by atoms with Crippen molar-refractivity contribution >= 4 is 38.7 Å². The molecular formula is C27H25F6NO8S. The summed E-state index contributed by atoms with van der Waals surface area (Å²) in [6.45, 7) is 3.22. The fraction of sp³-hybridized carbons (Fsp3) is 0.519. The van der Waals surface area contributed by atoms with E-state index in [4.69, 9.17) is 9.29 Å². The Morgan fingerprint density at radius 1 is 1.00 bits per heavy atom. The molecule has 3 aliphatic rings. The number of hydrogen-bond acceptors (Lipinski definition) is 7. The molecule has 2 aliphatic carbocycles. The number of ether oxygens (including phenoxy) is 2. The predicted molar refractivity (Wildman–Crippen MR) is 135 cm³/mol. The highest BCUT2D eigenvalue weighted by molar-refractivity contribution is 7.85. The topological polar surface area (TPSA) is 127 Å². The van der Waals surface area contributed by atoms with Gasteiger partial charge >= 0.3 is 29.9 Å². The number of likely N-dealkylation sites (tertiary alicyclic amines) is 1. The molecule has 3 fully saturated rings. The van der Waals surface area contributed by atoms with Crippen molar-refractivity contribution in [1.29, 1.82) is 0 Å². The van der Waals surface area contributed by atoms with Gasteiger partial charge in [0.2, 0.25) is 5.91 Å². The van der Waals surface area contributed by atoms with Crippen molar-refractivity contribution in [3.05, 3.63) is 48.0 Å². The molecule has 5 rings (SSSR count). The van der Waals surface area contributed by atoms with Crippen molar-refractivity contribution < 1.29 is 63.2 Å². The van der Waals surface area contributed by atoms with Gasteiger partial charge in [0.05, 0.1) is 23.4 Å². The minimum atomic E-state index is -6.53. The van der Waals surface area contributed by atoms with E-state index in [-0.39, 0.29) is 12.0 Å². The lowest BCUT2D eigenvalue weighted by Gasteiger charge is -2.38. The van der Waals surface area contributed by atoms with E-state index in [0.29, 0.717) is 10.8 Å². The lowest BCUT2D eigenvalue weighted by atomic mass is 9.78. The highest BCUT2D eigenvalue weighted by Gasteiger charge is 2.78. The van der Waals surface area contributed by atoms with Crippen LogP contribution in [0.2, 0.25) is 0 Å². The number of nitrogens with zero attached hydrogens (tertiary/aromatic N) is 1. The maximum Gasteiger partial charge on any atom is 0.438 e. The lowest BCUT2D eigenvalue weighted by Crippen LogP contribution is -2.64. The fourth-order valence-electron chi connectivity index (χ4n) is 6.98. The molecule has 9 nitrogen and oxygen atoms in total. The number of carbonyl (C=O) groups is 3. The Morgan fingerprint density at radius 2 is 1.60 bits per heavy atom. The summed E-state index contributed by atoms with van der Waals surface area (Å²) in [5, 5.41) is 1.18. The third-order valence-electron chi connectivity index (χ3n) is 8.57. The van der Waals surface area contributed by atoms with E-state index in [1.807, 2.05) is 0 Å². The predicted octanol–water partition coefficient (Wildman–Crippen LogP) is 4.16. The Bertz CT molecular complexity index is 1570. The Kier molecular flexibility index (Phi) is 7.27. The zero-order valence-electron chi connectivity index (χ0n) is 22.4. The van der Waals surface area contributed by atoms with Crippen LogP contribution in [0.4, 0.5) is 26.3 Å². The van der Waals surface area contributed by atoms with Gasteiger partial charge in [-0.05, 0) is 43.0 Å². The van der Waals surface area contributed by atoms with Gasteiger partial charge in [-0.25, -0.2) is 4.79 Å². The first-order valence-electron chi connectivity index (χ1n) is 13.1. The second-order valence-electron chi connectivity index (χ2n) is 11.3. The largest absolute Gasteiger partial charge is 0.456 e. The first-order valence-corrected chi connectivity index (χ1v) is 14.7. The number of halogens is 6. The van der Waals surface area contributed by atoms with Crippen LogP contribution in [-0.2, 0) is 29.2 Å². The summed E-state index contributed by atoms with van der Waals surface area (Å²) in [7, 11) is -6.01. The standard InChI is InChI=1S/C27H25F6NO8S/c1-12(2)34-20-16-10-17(21(20)41-23(36)15-9-5-7-13-6-3-4-8-14(13)15)19(18(16)22(34)35)24(37)42-25(26(28,29)30,27(31,32)33)11-43(38,39)40/h3-9,12,16-21H,10-11H2,1-2H3,(H,38,39,40). The molecule has 1 saturated heterocycles. The molecule has 16 heteroatoms. The second-order valence-corrected chi connectivity index (χ2v) is 12.8. The molecule has 6 atom stereocenters. The summed E-state index contributed by atoms with van der Waals surface area (Å²) in [5.74, 6) is -12.1. The third kappa shape index (κ3) is 4.91. The first-order chi connectivity index (χ1) is 19.8. The Hall–Kier alpha value is -3.40. The SMILES string of the molecule is CC(C)N1C(=O)C2C3CC(C(OC(=O)c4cccc5ccccc45)C31)C2C(=O)OC(CS(=O)(=O)O)(C(F)(F)F)C(F)(F)F. The summed E-state index contributed by atoms with van der Waals surface area (Å²) in [5.41, 5.74) is -5.52. The second kappa shape index (κ2) is 10.1. The van der Waals surface area contributed by atoms with Crippen LogP contribution < -0.4 is 0 Å². The van der Waals surface area contributed by atoms with E-state index in [1.165, 1.54) is 11.0 Å². The van der Waals surface area contributed by atoms with Crippen LogP contribution >= 0.6 is 0 Å². The zero-order chi connectivity index (χ0) is 31.9. The van der Waals surface area contributed by atoms with E-state index in [2.05, 4.69) is 4.74 Å². The number of benzene rings is 2. The average molecular weight is 638 g/mol. The molecule has 1 amide bonds. The first kappa shape index (κ1) is 31.0. The fourth-order valence-corrected chi connectivity index (χ4v) is 7.88. The molecule has 2 saturated carbocycles. The van der Waals surface area contributed by atoms with E-state index in [1.54, 1.807) is 50.2 Å². The zero-order valence-corrected chi connectivity index (χ0v) is 23.2. The van der Waals surface area contributed by atoms with Crippen molar-refractivity contribution in [3.63, 3.8) is 0 Å². The summed E-state index contributed by atoms with van der Waals surface area (Å²) in [4.78, 5) is 41.5. The molecular weight excluding hydrogens is 612 g/mol. The number of amides is 1. The molecule has 2 aromatic carbocycles. The number of rotatable bonds is 7. The third-order valence-corrected chi connectivity index (χ3v) is 9.34. The van der Waals surface area contributed by atoms with E-state index in [0.717, 1.165) is 0 Å². The molecule has 6 unspecified atom stereocenters. The smallest absolute Gasteiger partial charge is 0.438 e. The van der Waals surface area contributed by atoms with Gasteiger partial charge in [0.1, 0.15) is 11.9 Å². The van der Waals surface area contributed by atoms with E-state index < -0.39 is 93.5 Å². The van der Waals surface area contributed by atoms with Gasteiger partial charge in [0, 0.05) is 12.0 Å². The molecule has 0 spiro atoms. The summed E-state index contributed by atoms with van der Waals surface area (Å²) in [6.07, 6.45) is -14.4. The molecule has 1 aliphatic heterocycles. The van der Waals surface area contributed by atoms with Gasteiger partial charge < -0.3 is 14.4 Å². The highest BCUT2D eigenvalue weighted by atomic mass is 32.2. The van der Waals surface area contributed by atoms with Crippen LogP contribution in [0, 0.1) is 23.7 Å². The molecule has 0 aromatic heterocycles. The Labute approximate surface area is 240 Å². The van der Waals surface area contributed by atoms with Gasteiger partial charge in [-0.2, -0.15) is 34.8 Å². The van der Waals surface area contributed by atoms with Gasteiger partial charge in [0.25, 0.3) is 10.1 Å². The Morgan fingerprint density at radius 3 is 2.19 bits per heavy atom. The number of esters is 2. The number of fused-ring (bicyclic) bond motifs is 2. The molecule has 2 aromatic rings. The maximum atomic E-state index is 13.9. The summed E-state index contributed by atoms with van der Waals surface area (Å²) >= 11 is 0. The molecule has 2 bridgehead atoms. The Balaban J connectivity index is 1.54. The van der Waals surface area contributed by atoms with Crippen LogP contribution in [0.5, 0.6) is 0 Å². The van der Waals surface area contributed by atoms with Crippen LogP contribution in [0.25, 0.3) is 10.8 Å².